The second kappa shape index (κ2) is 2.78. The monoisotopic (exact) mass is 153 g/mol. The fraction of sp³-hybridized carbons (Fsp3) is 1.00. The van der Waals surface area contributed by atoms with Crippen molar-refractivity contribution in [1.29, 1.82) is 0 Å². The molecule has 2 rings (SSSR count). The molecular formula is C10H19N. The van der Waals surface area contributed by atoms with Crippen molar-refractivity contribution in [1.82, 2.24) is 4.90 Å². The molecule has 1 saturated heterocycles. The van der Waals surface area contributed by atoms with Crippen LogP contribution in [0, 0.1) is 17.8 Å². The van der Waals surface area contributed by atoms with E-state index in [0.717, 1.165) is 17.8 Å². The molecule has 1 heteroatoms. The van der Waals surface area contributed by atoms with Gasteiger partial charge in [-0.15, -0.1) is 0 Å². The highest BCUT2D eigenvalue weighted by molar-refractivity contribution is 4.87. The van der Waals surface area contributed by atoms with Crippen molar-refractivity contribution >= 4 is 0 Å². The van der Waals surface area contributed by atoms with Crippen LogP contribution in [0.2, 0.25) is 0 Å². The van der Waals surface area contributed by atoms with Crippen LogP contribution in [0.25, 0.3) is 0 Å². The molecule has 1 nitrogen and oxygen atoms in total. The van der Waals surface area contributed by atoms with Gasteiger partial charge in [0, 0.05) is 6.54 Å². The highest BCUT2D eigenvalue weighted by Crippen LogP contribution is 2.41. The third-order valence-electron chi connectivity index (χ3n) is 3.72. The Morgan fingerprint density at radius 3 is 2.82 bits per heavy atom. The van der Waals surface area contributed by atoms with Crippen molar-refractivity contribution in [3.63, 3.8) is 0 Å². The topological polar surface area (TPSA) is 3.24 Å². The van der Waals surface area contributed by atoms with E-state index in [1.165, 1.54) is 32.4 Å². The maximum Gasteiger partial charge on any atom is 0.000937 e. The van der Waals surface area contributed by atoms with Crippen LogP contribution in [0.4, 0.5) is 0 Å². The molecule has 11 heavy (non-hydrogen) atoms. The van der Waals surface area contributed by atoms with Crippen LogP contribution < -0.4 is 0 Å². The number of nitrogens with zero attached hydrogens (tertiary/aromatic N) is 1. The minimum Gasteiger partial charge on any atom is -0.306 e. The zero-order valence-corrected chi connectivity index (χ0v) is 7.71. The fourth-order valence-corrected chi connectivity index (χ4v) is 2.98. The summed E-state index contributed by atoms with van der Waals surface area (Å²) in [4.78, 5) is 2.50. The van der Waals surface area contributed by atoms with E-state index in [9.17, 15) is 0 Å². The molecule has 0 spiro atoms. The third-order valence-corrected chi connectivity index (χ3v) is 3.72. The number of piperidine rings is 1. The van der Waals surface area contributed by atoms with Crippen LogP contribution in [0.3, 0.4) is 0 Å². The van der Waals surface area contributed by atoms with Gasteiger partial charge in [0.15, 0.2) is 0 Å². The number of rotatable bonds is 0. The summed E-state index contributed by atoms with van der Waals surface area (Å²) in [5.41, 5.74) is 0. The lowest BCUT2D eigenvalue weighted by atomic mass is 9.84. The van der Waals surface area contributed by atoms with E-state index >= 15 is 0 Å². The molecule has 1 saturated carbocycles. The van der Waals surface area contributed by atoms with Gasteiger partial charge in [0.1, 0.15) is 0 Å². The van der Waals surface area contributed by atoms with Gasteiger partial charge in [0.05, 0.1) is 0 Å². The molecule has 1 aliphatic carbocycles. The first kappa shape index (κ1) is 7.60. The van der Waals surface area contributed by atoms with Crippen molar-refractivity contribution in [3.8, 4) is 0 Å². The molecule has 0 aromatic rings. The second-order valence-corrected chi connectivity index (χ2v) is 4.53. The lowest BCUT2D eigenvalue weighted by Crippen LogP contribution is -2.36. The van der Waals surface area contributed by atoms with Crippen LogP contribution in [0.15, 0.2) is 0 Å². The maximum absolute atomic E-state index is 2.50. The molecule has 64 valence electrons. The Hall–Kier alpha value is -0.0400. The Labute approximate surface area is 69.8 Å². The molecule has 0 N–H and O–H groups in total. The third kappa shape index (κ3) is 1.31. The summed E-state index contributed by atoms with van der Waals surface area (Å²) >= 11 is 0. The Kier molecular flexibility index (Phi) is 1.92. The molecule has 3 unspecified atom stereocenters. The van der Waals surface area contributed by atoms with Crippen molar-refractivity contribution in [2.24, 2.45) is 17.8 Å². The van der Waals surface area contributed by atoms with Gasteiger partial charge in [0.2, 0.25) is 0 Å². The Bertz CT molecular complexity index is 144. The summed E-state index contributed by atoms with van der Waals surface area (Å²) in [6, 6.07) is 0. The molecule has 0 aromatic carbocycles. The van der Waals surface area contributed by atoms with E-state index in [2.05, 4.69) is 18.9 Å². The molecule has 1 aliphatic heterocycles. The largest absolute Gasteiger partial charge is 0.306 e. The summed E-state index contributed by atoms with van der Waals surface area (Å²) in [5, 5.41) is 0. The molecule has 2 aliphatic rings. The first-order chi connectivity index (χ1) is 5.27. The number of hydrogen-bond donors (Lipinski definition) is 0. The summed E-state index contributed by atoms with van der Waals surface area (Å²) in [5.74, 6) is 3.14. The lowest BCUT2D eigenvalue weighted by molar-refractivity contribution is 0.147. The summed E-state index contributed by atoms with van der Waals surface area (Å²) in [7, 11) is 2.26. The highest BCUT2D eigenvalue weighted by atomic mass is 15.1. The van der Waals surface area contributed by atoms with E-state index < -0.39 is 0 Å². The van der Waals surface area contributed by atoms with E-state index in [-0.39, 0.29) is 0 Å². The Morgan fingerprint density at radius 1 is 1.18 bits per heavy atom. The lowest BCUT2D eigenvalue weighted by Gasteiger charge is -2.34. The van der Waals surface area contributed by atoms with E-state index in [0.29, 0.717) is 0 Å². The summed E-state index contributed by atoms with van der Waals surface area (Å²) in [6.07, 6.45) is 4.45. The van der Waals surface area contributed by atoms with Gasteiger partial charge >= 0.3 is 0 Å². The average molecular weight is 153 g/mol. The van der Waals surface area contributed by atoms with E-state index in [1.54, 1.807) is 0 Å². The van der Waals surface area contributed by atoms with Crippen LogP contribution in [0.1, 0.15) is 26.2 Å². The first-order valence-electron chi connectivity index (χ1n) is 4.96. The molecule has 0 aromatic heterocycles. The zero-order valence-electron chi connectivity index (χ0n) is 7.71. The summed E-state index contributed by atoms with van der Waals surface area (Å²) < 4.78 is 0. The minimum absolute atomic E-state index is 1.02. The van der Waals surface area contributed by atoms with Crippen LogP contribution >= 0.6 is 0 Å². The molecule has 3 atom stereocenters. The smallest absolute Gasteiger partial charge is 0.000937 e. The van der Waals surface area contributed by atoms with Gasteiger partial charge in [0.25, 0.3) is 0 Å². The average Bonchev–Trinajstić information content (AvgIpc) is 2.32. The van der Waals surface area contributed by atoms with Gasteiger partial charge in [-0.25, -0.2) is 0 Å². The predicted molar refractivity (Wildman–Crippen MR) is 47.5 cm³/mol. The van der Waals surface area contributed by atoms with Crippen molar-refractivity contribution < 1.29 is 0 Å². The standard InChI is InChI=1S/C10H19N/c1-8-3-4-9-7-11(2)6-5-10(8)9/h8-10H,3-7H2,1-2H3. The van der Waals surface area contributed by atoms with Gasteiger partial charge in [-0.1, -0.05) is 13.3 Å². The fourth-order valence-electron chi connectivity index (χ4n) is 2.98. The quantitative estimate of drug-likeness (QED) is 0.514. The first-order valence-corrected chi connectivity index (χ1v) is 4.96. The van der Waals surface area contributed by atoms with Gasteiger partial charge < -0.3 is 4.90 Å². The zero-order chi connectivity index (χ0) is 7.84. The van der Waals surface area contributed by atoms with E-state index in [1.807, 2.05) is 0 Å². The molecule has 0 radical (unpaired) electrons. The van der Waals surface area contributed by atoms with Gasteiger partial charge in [-0.05, 0) is 44.2 Å². The maximum atomic E-state index is 2.50. The van der Waals surface area contributed by atoms with Crippen molar-refractivity contribution in [2.45, 2.75) is 26.2 Å². The molecule has 0 bridgehead atoms. The van der Waals surface area contributed by atoms with Gasteiger partial charge in [-0.2, -0.15) is 0 Å². The second-order valence-electron chi connectivity index (χ2n) is 4.53. The molecule has 2 fully saturated rings. The Morgan fingerprint density at radius 2 is 2.00 bits per heavy atom. The molecular weight excluding hydrogens is 134 g/mol. The van der Waals surface area contributed by atoms with E-state index in [4.69, 9.17) is 0 Å². The SMILES string of the molecule is CC1CCC2CN(C)CCC12. The van der Waals surface area contributed by atoms with Crippen LogP contribution in [-0.2, 0) is 0 Å². The van der Waals surface area contributed by atoms with Crippen LogP contribution in [-0.4, -0.2) is 25.0 Å². The molecule has 0 amide bonds. The number of fused-ring (bicyclic) bond motifs is 1. The molecule has 1 heterocycles. The highest BCUT2D eigenvalue weighted by Gasteiger charge is 2.36. The van der Waals surface area contributed by atoms with Crippen molar-refractivity contribution in [2.75, 3.05) is 20.1 Å². The normalized spacial score (nSPS) is 45.8. The Balaban J connectivity index is 2.00. The minimum atomic E-state index is 1.02. The summed E-state index contributed by atoms with van der Waals surface area (Å²) in [6.45, 7) is 5.15. The van der Waals surface area contributed by atoms with Gasteiger partial charge in [-0.3, -0.25) is 0 Å². The van der Waals surface area contributed by atoms with Crippen LogP contribution in [0.5, 0.6) is 0 Å². The van der Waals surface area contributed by atoms with Crippen molar-refractivity contribution in [3.05, 3.63) is 0 Å². The number of hydrogen-bond acceptors (Lipinski definition) is 1. The number of likely N-dealkylation sites (tertiary alicyclic amines) is 1. The predicted octanol–water partition coefficient (Wildman–Crippen LogP) is 1.98.